The van der Waals surface area contributed by atoms with Gasteiger partial charge in [0.05, 0.1) is 34.5 Å². The van der Waals surface area contributed by atoms with Gasteiger partial charge in [0, 0.05) is 11.6 Å². The Morgan fingerprint density at radius 1 is 1.05 bits per heavy atom. The van der Waals surface area contributed by atoms with Crippen LogP contribution in [0.4, 0.5) is 14.5 Å². The van der Waals surface area contributed by atoms with Crippen LogP contribution < -0.4 is 16.0 Å². The molecule has 3 aromatic rings. The van der Waals surface area contributed by atoms with Crippen molar-refractivity contribution < 1.29 is 26.8 Å². The van der Waals surface area contributed by atoms with Crippen molar-refractivity contribution in [2.45, 2.75) is 37.9 Å². The number of nitrogens with one attached hydrogen (secondary N) is 1. The minimum Gasteiger partial charge on any atom is -0.348 e. The molecule has 1 heterocycles. The summed E-state index contributed by atoms with van der Waals surface area (Å²) in [5, 5.41) is 2.99. The molecule has 3 aromatic carbocycles. The van der Waals surface area contributed by atoms with Gasteiger partial charge in [-0.2, -0.15) is 0 Å². The Bertz CT molecular complexity index is 1400. The Morgan fingerprint density at radius 3 is 2.27 bits per heavy atom. The van der Waals surface area contributed by atoms with Crippen LogP contribution in [-0.4, -0.2) is 32.0 Å². The lowest BCUT2D eigenvalue weighted by molar-refractivity contribution is -0.119. The fourth-order valence-corrected chi connectivity index (χ4v) is 5.40. The largest absolute Gasteiger partial charge is 0.348 e. The molecular weight excluding hydrogens is 524 g/mol. The fraction of sp³-hybridized carbons (Fsp3) is 0.231. The van der Waals surface area contributed by atoms with Crippen LogP contribution in [0.25, 0.3) is 0 Å². The van der Waals surface area contributed by atoms with Gasteiger partial charge in [-0.15, -0.1) is 0 Å². The zero-order chi connectivity index (χ0) is 27.3. The Kier molecular flexibility index (Phi) is 9.01. The van der Waals surface area contributed by atoms with E-state index in [-0.39, 0.29) is 18.8 Å². The SMILES string of the molecule is CC.N[C@H]1CS(=O)(=O)c2cc(F)c(C(=O)NCc3ccc(F)cc3)cc2N(Cc2ccc(Cl)cc2)C1=O. The monoisotopic (exact) mass is 549 g/mol. The zero-order valence-electron chi connectivity index (χ0n) is 20.2. The molecule has 0 aromatic heterocycles. The predicted molar refractivity (Wildman–Crippen MR) is 138 cm³/mol. The highest BCUT2D eigenvalue weighted by atomic mass is 35.5. The second kappa shape index (κ2) is 11.8. The van der Waals surface area contributed by atoms with E-state index in [1.807, 2.05) is 13.8 Å². The van der Waals surface area contributed by atoms with Crippen LogP contribution in [0.5, 0.6) is 0 Å². The maximum atomic E-state index is 15.0. The van der Waals surface area contributed by atoms with Crippen molar-refractivity contribution in [3.8, 4) is 0 Å². The van der Waals surface area contributed by atoms with Crippen LogP contribution in [0.1, 0.15) is 35.3 Å². The van der Waals surface area contributed by atoms with Crippen LogP contribution >= 0.6 is 11.6 Å². The number of fused-ring (bicyclic) bond motifs is 1. The summed E-state index contributed by atoms with van der Waals surface area (Å²) >= 11 is 5.92. The van der Waals surface area contributed by atoms with E-state index in [0.717, 1.165) is 17.0 Å². The molecule has 0 aliphatic carbocycles. The summed E-state index contributed by atoms with van der Waals surface area (Å²) in [4.78, 5) is 26.5. The molecule has 7 nitrogen and oxygen atoms in total. The number of nitrogens with zero attached hydrogens (tertiary/aromatic N) is 1. The van der Waals surface area contributed by atoms with Crippen LogP contribution in [0.2, 0.25) is 5.02 Å². The van der Waals surface area contributed by atoms with Crippen molar-refractivity contribution in [2.75, 3.05) is 10.7 Å². The van der Waals surface area contributed by atoms with Gasteiger partial charge >= 0.3 is 0 Å². The highest BCUT2D eigenvalue weighted by molar-refractivity contribution is 7.91. The summed E-state index contributed by atoms with van der Waals surface area (Å²) in [5.41, 5.74) is 6.46. The quantitative estimate of drug-likeness (QED) is 0.495. The molecule has 37 heavy (non-hydrogen) atoms. The molecule has 4 rings (SSSR count). The lowest BCUT2D eigenvalue weighted by Crippen LogP contribution is -2.45. The highest BCUT2D eigenvalue weighted by Crippen LogP contribution is 2.34. The normalized spacial score (nSPS) is 16.2. The number of hydrogen-bond donors (Lipinski definition) is 2. The Morgan fingerprint density at radius 2 is 1.65 bits per heavy atom. The van der Waals surface area contributed by atoms with E-state index < -0.39 is 55.5 Å². The van der Waals surface area contributed by atoms with Gasteiger partial charge in [0.2, 0.25) is 5.91 Å². The summed E-state index contributed by atoms with van der Waals surface area (Å²) in [6.45, 7) is 3.90. The van der Waals surface area contributed by atoms with Crippen molar-refractivity contribution in [2.24, 2.45) is 5.73 Å². The molecule has 1 aliphatic rings. The third-order valence-corrected chi connectivity index (χ3v) is 7.57. The summed E-state index contributed by atoms with van der Waals surface area (Å²) in [6, 6.07) is 12.3. The summed E-state index contributed by atoms with van der Waals surface area (Å²) in [7, 11) is -4.13. The highest BCUT2D eigenvalue weighted by Gasteiger charge is 2.37. The number of anilines is 1. The topological polar surface area (TPSA) is 110 Å². The van der Waals surface area contributed by atoms with Crippen molar-refractivity contribution in [1.29, 1.82) is 0 Å². The van der Waals surface area contributed by atoms with E-state index in [4.69, 9.17) is 17.3 Å². The molecular formula is C26H26ClF2N3O4S. The summed E-state index contributed by atoms with van der Waals surface area (Å²) < 4.78 is 53.8. The first-order valence-corrected chi connectivity index (χ1v) is 13.5. The first kappa shape index (κ1) is 28.2. The van der Waals surface area contributed by atoms with Crippen LogP contribution in [-0.2, 0) is 27.7 Å². The van der Waals surface area contributed by atoms with Crippen LogP contribution in [0.3, 0.4) is 0 Å². The molecule has 1 atom stereocenters. The number of carbonyl (C=O) groups excluding carboxylic acids is 2. The van der Waals surface area contributed by atoms with Crippen molar-refractivity contribution in [3.63, 3.8) is 0 Å². The van der Waals surface area contributed by atoms with Crippen molar-refractivity contribution in [1.82, 2.24) is 5.32 Å². The molecule has 0 saturated heterocycles. The number of hydrogen-bond acceptors (Lipinski definition) is 5. The standard InChI is InChI=1S/C24H20ClF2N3O4S.C2H6/c25-16-5-1-15(2-6-16)12-30-21-9-18(23(31)29-11-14-3-7-17(26)8-4-14)19(27)10-22(21)35(33,34)13-20(28)24(30)32;1-2/h1-10,20H,11-13,28H2,(H,29,31);1-2H3/t20-;/m0./s1. The molecule has 196 valence electrons. The molecule has 0 bridgehead atoms. The smallest absolute Gasteiger partial charge is 0.254 e. The number of sulfone groups is 1. The van der Waals surface area contributed by atoms with E-state index in [0.29, 0.717) is 16.1 Å². The van der Waals surface area contributed by atoms with Gasteiger partial charge in [-0.05, 0) is 47.5 Å². The van der Waals surface area contributed by atoms with E-state index in [9.17, 15) is 26.8 Å². The predicted octanol–water partition coefficient (Wildman–Crippen LogP) is 4.22. The Labute approximate surface area is 219 Å². The average Bonchev–Trinajstić information content (AvgIpc) is 2.94. The van der Waals surface area contributed by atoms with Crippen LogP contribution in [0.15, 0.2) is 65.6 Å². The van der Waals surface area contributed by atoms with Gasteiger partial charge in [-0.3, -0.25) is 9.59 Å². The average molecular weight is 550 g/mol. The van der Waals surface area contributed by atoms with E-state index in [1.165, 1.54) is 24.3 Å². The lowest BCUT2D eigenvalue weighted by atomic mass is 10.1. The van der Waals surface area contributed by atoms with Gasteiger partial charge in [-0.25, -0.2) is 17.2 Å². The third-order valence-electron chi connectivity index (χ3n) is 5.52. The minimum absolute atomic E-state index is 0.0216. The number of amides is 2. The minimum atomic E-state index is -4.13. The molecule has 2 amide bonds. The van der Waals surface area contributed by atoms with E-state index in [2.05, 4.69) is 5.32 Å². The van der Waals surface area contributed by atoms with Gasteiger partial charge in [0.15, 0.2) is 9.84 Å². The summed E-state index contributed by atoms with van der Waals surface area (Å²) in [5.74, 6) is -3.74. The molecule has 0 fully saturated rings. The molecule has 1 aliphatic heterocycles. The number of carbonyl (C=O) groups is 2. The van der Waals surface area contributed by atoms with Gasteiger partial charge in [0.25, 0.3) is 5.91 Å². The Balaban J connectivity index is 0.00000186. The lowest BCUT2D eigenvalue weighted by Gasteiger charge is -2.25. The summed E-state index contributed by atoms with van der Waals surface area (Å²) in [6.07, 6.45) is 0. The van der Waals surface area contributed by atoms with Crippen LogP contribution in [0, 0.1) is 11.6 Å². The molecule has 11 heteroatoms. The fourth-order valence-electron chi connectivity index (χ4n) is 3.71. The number of nitrogens with two attached hydrogens (primary N) is 1. The van der Waals surface area contributed by atoms with Gasteiger partial charge < -0.3 is 16.0 Å². The molecule has 0 spiro atoms. The first-order chi connectivity index (χ1) is 17.5. The maximum Gasteiger partial charge on any atom is 0.254 e. The molecule has 0 saturated carbocycles. The first-order valence-electron chi connectivity index (χ1n) is 11.5. The van der Waals surface area contributed by atoms with Gasteiger partial charge in [-0.1, -0.05) is 49.7 Å². The van der Waals surface area contributed by atoms with E-state index in [1.54, 1.807) is 24.3 Å². The Hall–Kier alpha value is -3.34. The maximum absolute atomic E-state index is 15.0. The number of rotatable bonds is 5. The van der Waals surface area contributed by atoms with Gasteiger partial charge in [0.1, 0.15) is 11.6 Å². The second-order valence-electron chi connectivity index (χ2n) is 8.05. The third kappa shape index (κ3) is 6.51. The molecule has 0 radical (unpaired) electrons. The van der Waals surface area contributed by atoms with Crippen molar-refractivity contribution in [3.05, 3.63) is 94.0 Å². The van der Waals surface area contributed by atoms with Crippen molar-refractivity contribution >= 4 is 38.9 Å². The number of benzene rings is 3. The second-order valence-corrected chi connectivity index (χ2v) is 10.5. The molecule has 3 N–H and O–H groups in total. The van der Waals surface area contributed by atoms with E-state index >= 15 is 0 Å². The number of halogens is 3. The molecule has 0 unspecified atom stereocenters. The zero-order valence-corrected chi connectivity index (χ0v) is 21.7.